The summed E-state index contributed by atoms with van der Waals surface area (Å²) in [6, 6.07) is 0. The summed E-state index contributed by atoms with van der Waals surface area (Å²) in [5.41, 5.74) is 0. The molecule has 0 fully saturated rings. The Morgan fingerprint density at radius 2 is 1.00 bits per heavy atom. The monoisotopic (exact) mass is 319 g/mol. The molecule has 0 heterocycles. The molecule has 0 aromatic carbocycles. The van der Waals surface area contributed by atoms with Gasteiger partial charge in [0.05, 0.1) is 0 Å². The highest BCUT2D eigenvalue weighted by atomic mass is 28.4. The summed E-state index contributed by atoms with van der Waals surface area (Å²) >= 11 is 0. The minimum absolute atomic E-state index is 0.722. The number of unbranched alkanes of at least 4 members (excludes halogenated alkanes) is 4. The van der Waals surface area contributed by atoms with Gasteiger partial charge in [-0.05, 0) is 32.2 Å². The van der Waals surface area contributed by atoms with E-state index in [-0.39, 0.29) is 0 Å². The Balaban J connectivity index is 4.52. The van der Waals surface area contributed by atoms with Crippen molar-refractivity contribution in [3.05, 3.63) is 0 Å². The summed E-state index contributed by atoms with van der Waals surface area (Å²) in [6.07, 6.45) is 8.84. The van der Waals surface area contributed by atoms with Crippen molar-refractivity contribution in [2.45, 2.75) is 79.1 Å². The van der Waals surface area contributed by atoms with E-state index >= 15 is 0 Å². The van der Waals surface area contributed by atoms with Crippen LogP contribution in [0.2, 0.25) is 0 Å². The van der Waals surface area contributed by atoms with Crippen LogP contribution in [-0.2, 0) is 13.3 Å². The van der Waals surface area contributed by atoms with E-state index in [1.165, 1.54) is 0 Å². The summed E-state index contributed by atoms with van der Waals surface area (Å²) in [6.45, 7) is 11.8. The second-order valence-corrected chi connectivity index (χ2v) is 7.77. The van der Waals surface area contributed by atoms with Gasteiger partial charge in [0.2, 0.25) is 0 Å². The van der Waals surface area contributed by atoms with E-state index in [0.29, 0.717) is 0 Å². The Hall–Kier alpha value is 0.0569. The van der Waals surface area contributed by atoms with Gasteiger partial charge in [-0.25, -0.2) is 0 Å². The molecule has 0 radical (unpaired) electrons. The van der Waals surface area contributed by atoms with Gasteiger partial charge in [0.1, 0.15) is 0 Å². The number of hydrogen-bond donors (Lipinski definition) is 1. The Labute approximate surface area is 133 Å². The molecule has 0 saturated heterocycles. The predicted octanol–water partition coefficient (Wildman–Crippen LogP) is 4.26. The number of nitrogens with one attached hydrogen (secondary N) is 1. The zero-order chi connectivity index (χ0) is 15.8. The summed E-state index contributed by atoms with van der Waals surface area (Å²) in [5.74, 6) is 0. The van der Waals surface area contributed by atoms with Crippen molar-refractivity contribution >= 4 is 8.97 Å². The smallest absolute Gasteiger partial charge is 0.361 e. The van der Waals surface area contributed by atoms with Crippen LogP contribution < -0.4 is 4.98 Å². The van der Waals surface area contributed by atoms with Crippen LogP contribution in [0, 0.1) is 0 Å². The van der Waals surface area contributed by atoms with Crippen molar-refractivity contribution in [1.29, 1.82) is 0 Å². The van der Waals surface area contributed by atoms with E-state index in [1.54, 1.807) is 0 Å². The minimum Gasteiger partial charge on any atom is -0.361 e. The fraction of sp³-hybridized carbons (Fsp3) is 1.00. The first kappa shape index (κ1) is 21.1. The molecule has 0 rings (SSSR count). The van der Waals surface area contributed by atoms with Gasteiger partial charge in [0.25, 0.3) is 0 Å². The van der Waals surface area contributed by atoms with Crippen molar-refractivity contribution in [3.8, 4) is 0 Å². The molecule has 5 heteroatoms. The molecular formula is C16H37NO3Si. The minimum atomic E-state index is -2.69. The Morgan fingerprint density at radius 3 is 1.33 bits per heavy atom. The fourth-order valence-electron chi connectivity index (χ4n) is 1.75. The van der Waals surface area contributed by atoms with Gasteiger partial charge in [-0.1, -0.05) is 53.4 Å². The van der Waals surface area contributed by atoms with Crippen LogP contribution in [0.1, 0.15) is 79.1 Å². The van der Waals surface area contributed by atoms with Gasteiger partial charge in [-0.2, -0.15) is 0 Å². The fourth-order valence-corrected chi connectivity index (χ4v) is 4.03. The van der Waals surface area contributed by atoms with Crippen LogP contribution >= 0.6 is 0 Å². The molecule has 0 aromatic rings. The molecule has 0 saturated carbocycles. The third kappa shape index (κ3) is 11.3. The standard InChI is InChI=1S/C16H37NO3Si/c1-5-9-13-17-21(18-14-10-6-2,19-15-11-7-3)20-16-12-8-4/h17H,5-16H2,1-4H3. The third-order valence-corrected chi connectivity index (χ3v) is 5.68. The average molecular weight is 320 g/mol. The maximum Gasteiger partial charge on any atom is 0.596 e. The van der Waals surface area contributed by atoms with Gasteiger partial charge in [0.15, 0.2) is 0 Å². The molecule has 0 atom stereocenters. The second-order valence-electron chi connectivity index (χ2n) is 5.44. The molecule has 1 N–H and O–H groups in total. The SMILES string of the molecule is CCCCN[Si](OCCCC)(OCCCC)OCCCC. The van der Waals surface area contributed by atoms with E-state index in [9.17, 15) is 0 Å². The molecular weight excluding hydrogens is 282 g/mol. The van der Waals surface area contributed by atoms with Gasteiger partial charge in [-0.15, -0.1) is 0 Å². The van der Waals surface area contributed by atoms with Crippen LogP contribution in [0.3, 0.4) is 0 Å². The molecule has 0 aliphatic rings. The Morgan fingerprint density at radius 1 is 0.619 bits per heavy atom. The first-order valence-electron chi connectivity index (χ1n) is 8.91. The van der Waals surface area contributed by atoms with E-state index < -0.39 is 8.97 Å². The molecule has 4 nitrogen and oxygen atoms in total. The molecule has 21 heavy (non-hydrogen) atoms. The van der Waals surface area contributed by atoms with Crippen LogP contribution in [0.5, 0.6) is 0 Å². The van der Waals surface area contributed by atoms with Crippen molar-refractivity contribution in [2.75, 3.05) is 26.4 Å². The van der Waals surface area contributed by atoms with Gasteiger partial charge >= 0.3 is 8.97 Å². The van der Waals surface area contributed by atoms with E-state index in [1.807, 2.05) is 0 Å². The normalized spacial score (nSPS) is 12.0. The van der Waals surface area contributed by atoms with Crippen molar-refractivity contribution in [3.63, 3.8) is 0 Å². The zero-order valence-corrected chi connectivity index (χ0v) is 15.7. The lowest BCUT2D eigenvalue weighted by Gasteiger charge is -2.30. The lowest BCUT2D eigenvalue weighted by molar-refractivity contribution is 0.0456. The Bertz CT molecular complexity index is 172. The van der Waals surface area contributed by atoms with E-state index in [4.69, 9.17) is 13.3 Å². The highest BCUT2D eigenvalue weighted by Crippen LogP contribution is 2.11. The quantitative estimate of drug-likeness (QED) is 0.341. The van der Waals surface area contributed by atoms with Gasteiger partial charge in [0, 0.05) is 19.8 Å². The predicted molar refractivity (Wildman–Crippen MR) is 91.2 cm³/mol. The molecule has 128 valence electrons. The largest absolute Gasteiger partial charge is 0.596 e. The molecule has 0 aliphatic heterocycles. The van der Waals surface area contributed by atoms with Crippen LogP contribution in [0.4, 0.5) is 0 Å². The summed E-state index contributed by atoms with van der Waals surface area (Å²) < 4.78 is 18.3. The third-order valence-electron chi connectivity index (χ3n) is 3.24. The van der Waals surface area contributed by atoms with Crippen molar-refractivity contribution < 1.29 is 13.3 Å². The van der Waals surface area contributed by atoms with Crippen molar-refractivity contribution in [1.82, 2.24) is 4.98 Å². The molecule has 0 spiro atoms. The summed E-state index contributed by atoms with van der Waals surface area (Å²) in [4.78, 5) is 3.48. The van der Waals surface area contributed by atoms with Gasteiger partial charge < -0.3 is 13.3 Å². The molecule has 0 bridgehead atoms. The lowest BCUT2D eigenvalue weighted by Crippen LogP contribution is -2.59. The molecule has 0 unspecified atom stereocenters. The van der Waals surface area contributed by atoms with Crippen molar-refractivity contribution in [2.24, 2.45) is 0 Å². The van der Waals surface area contributed by atoms with Crippen LogP contribution in [0.15, 0.2) is 0 Å². The van der Waals surface area contributed by atoms with Gasteiger partial charge in [-0.3, -0.25) is 4.98 Å². The van der Waals surface area contributed by atoms with E-state index in [0.717, 1.165) is 77.7 Å². The average Bonchev–Trinajstić information content (AvgIpc) is 2.48. The maximum absolute atomic E-state index is 6.09. The van der Waals surface area contributed by atoms with E-state index in [2.05, 4.69) is 32.7 Å². The molecule has 0 amide bonds. The second kappa shape index (κ2) is 15.0. The highest BCUT2D eigenvalue weighted by Gasteiger charge is 2.41. The number of hydrogen-bond acceptors (Lipinski definition) is 4. The topological polar surface area (TPSA) is 39.7 Å². The Kier molecular flexibility index (Phi) is 15.0. The zero-order valence-electron chi connectivity index (χ0n) is 14.7. The first-order valence-corrected chi connectivity index (χ1v) is 10.6. The lowest BCUT2D eigenvalue weighted by atomic mass is 10.3. The maximum atomic E-state index is 6.09. The highest BCUT2D eigenvalue weighted by molar-refractivity contribution is 6.57. The summed E-state index contributed by atoms with van der Waals surface area (Å²) in [7, 11) is -2.69. The molecule has 0 aromatic heterocycles. The van der Waals surface area contributed by atoms with Crippen LogP contribution in [-0.4, -0.2) is 35.3 Å². The number of rotatable bonds is 16. The van der Waals surface area contributed by atoms with Crippen LogP contribution in [0.25, 0.3) is 0 Å². The first-order chi connectivity index (χ1) is 10.2. The molecule has 0 aliphatic carbocycles. The summed E-state index contributed by atoms with van der Waals surface area (Å²) in [5, 5.41) is 0.